The van der Waals surface area contributed by atoms with E-state index in [-0.39, 0.29) is 29.7 Å². The van der Waals surface area contributed by atoms with Crippen molar-refractivity contribution in [2.45, 2.75) is 38.0 Å². The zero-order valence-corrected chi connectivity index (χ0v) is 18.6. The molecule has 5 heteroatoms. The standard InChI is InChI=1S/C26H28N2O2.ClH/c1-18-4-2-3-5-23(18)24(16-25(29)22-10-11-26(30)28-17-22)21-8-6-19(7-9-21)20-12-14-27-15-13-20;/h2-11,17,20,24,27H,12-16H2,1H3,(H,28,30);1H/t24-;/m1./s1. The van der Waals surface area contributed by atoms with Crippen LogP contribution in [0, 0.1) is 6.92 Å². The lowest BCUT2D eigenvalue weighted by molar-refractivity contribution is 0.0977. The zero-order valence-electron chi connectivity index (χ0n) is 17.8. The van der Waals surface area contributed by atoms with Gasteiger partial charge in [0.05, 0.1) is 0 Å². The first-order chi connectivity index (χ1) is 14.6. The lowest BCUT2D eigenvalue weighted by atomic mass is 9.82. The monoisotopic (exact) mass is 436 g/mol. The number of piperidine rings is 1. The molecule has 1 atom stereocenters. The fraction of sp³-hybridized carbons (Fsp3) is 0.308. The number of hydrogen-bond acceptors (Lipinski definition) is 3. The number of aromatic amines is 1. The number of carbonyl (C=O) groups excluding carboxylic acids is 1. The van der Waals surface area contributed by atoms with Crippen molar-refractivity contribution in [3.8, 4) is 0 Å². The Morgan fingerprint density at radius 3 is 2.35 bits per heavy atom. The molecule has 0 spiro atoms. The van der Waals surface area contributed by atoms with Crippen LogP contribution in [0.4, 0.5) is 0 Å². The summed E-state index contributed by atoms with van der Waals surface area (Å²) in [5, 5.41) is 3.42. The molecule has 1 aliphatic heterocycles. The summed E-state index contributed by atoms with van der Waals surface area (Å²) < 4.78 is 0. The van der Waals surface area contributed by atoms with Crippen molar-refractivity contribution >= 4 is 18.2 Å². The van der Waals surface area contributed by atoms with Crippen molar-refractivity contribution in [1.29, 1.82) is 0 Å². The van der Waals surface area contributed by atoms with Crippen LogP contribution in [0.3, 0.4) is 0 Å². The maximum Gasteiger partial charge on any atom is 0.247 e. The number of aromatic nitrogens is 1. The van der Waals surface area contributed by atoms with Crippen LogP contribution in [0.25, 0.3) is 0 Å². The Balaban J connectivity index is 0.00000272. The maximum atomic E-state index is 13.0. The molecule has 1 aromatic heterocycles. The Bertz CT molecular complexity index is 1050. The summed E-state index contributed by atoms with van der Waals surface area (Å²) in [4.78, 5) is 27.0. The van der Waals surface area contributed by atoms with E-state index in [0.717, 1.165) is 18.7 Å². The van der Waals surface area contributed by atoms with Gasteiger partial charge in [0.2, 0.25) is 5.56 Å². The second-order valence-corrected chi connectivity index (χ2v) is 8.17. The average Bonchev–Trinajstić information content (AvgIpc) is 2.79. The predicted molar refractivity (Wildman–Crippen MR) is 128 cm³/mol. The molecule has 2 heterocycles. The van der Waals surface area contributed by atoms with Gasteiger partial charge in [0.15, 0.2) is 5.78 Å². The molecule has 0 aliphatic carbocycles. The first-order valence-electron chi connectivity index (χ1n) is 10.7. The largest absolute Gasteiger partial charge is 0.328 e. The van der Waals surface area contributed by atoms with Crippen LogP contribution in [-0.2, 0) is 0 Å². The third kappa shape index (κ3) is 5.52. The first kappa shape index (κ1) is 23.0. The Morgan fingerprint density at radius 1 is 1.00 bits per heavy atom. The second-order valence-electron chi connectivity index (χ2n) is 8.17. The molecule has 31 heavy (non-hydrogen) atoms. The Labute approximate surface area is 189 Å². The van der Waals surface area contributed by atoms with Gasteiger partial charge in [-0.15, -0.1) is 12.4 Å². The third-order valence-electron chi connectivity index (χ3n) is 6.21. The van der Waals surface area contributed by atoms with Gasteiger partial charge < -0.3 is 10.3 Å². The number of hydrogen-bond donors (Lipinski definition) is 2. The van der Waals surface area contributed by atoms with E-state index in [1.807, 2.05) is 12.1 Å². The molecule has 0 unspecified atom stereocenters. The number of aryl methyl sites for hydroxylation is 1. The predicted octanol–water partition coefficient (Wildman–Crippen LogP) is 4.98. The molecular weight excluding hydrogens is 408 g/mol. The summed E-state index contributed by atoms with van der Waals surface area (Å²) in [6.45, 7) is 4.24. The zero-order chi connectivity index (χ0) is 20.9. The number of pyridine rings is 1. The van der Waals surface area contributed by atoms with E-state index in [2.05, 4.69) is 53.6 Å². The van der Waals surface area contributed by atoms with Gasteiger partial charge in [0.25, 0.3) is 0 Å². The van der Waals surface area contributed by atoms with E-state index in [1.165, 1.54) is 41.8 Å². The third-order valence-corrected chi connectivity index (χ3v) is 6.21. The van der Waals surface area contributed by atoms with Crippen LogP contribution in [0.15, 0.2) is 71.7 Å². The van der Waals surface area contributed by atoms with Gasteiger partial charge in [-0.25, -0.2) is 0 Å². The van der Waals surface area contributed by atoms with Gasteiger partial charge in [-0.1, -0.05) is 48.5 Å². The van der Waals surface area contributed by atoms with Crippen LogP contribution in [0.5, 0.6) is 0 Å². The van der Waals surface area contributed by atoms with Gasteiger partial charge in [0, 0.05) is 30.2 Å². The van der Waals surface area contributed by atoms with Crippen LogP contribution in [0.1, 0.15) is 63.7 Å². The van der Waals surface area contributed by atoms with Crippen molar-refractivity contribution in [1.82, 2.24) is 10.3 Å². The fourth-order valence-corrected chi connectivity index (χ4v) is 4.43. The minimum absolute atomic E-state index is 0. The molecule has 4 nitrogen and oxygen atoms in total. The molecule has 2 N–H and O–H groups in total. The van der Waals surface area contributed by atoms with Crippen molar-refractivity contribution in [2.24, 2.45) is 0 Å². The van der Waals surface area contributed by atoms with Crippen molar-refractivity contribution in [2.75, 3.05) is 13.1 Å². The molecule has 0 radical (unpaired) electrons. The summed E-state index contributed by atoms with van der Waals surface area (Å²) in [7, 11) is 0. The smallest absolute Gasteiger partial charge is 0.247 e. The summed E-state index contributed by atoms with van der Waals surface area (Å²) >= 11 is 0. The van der Waals surface area contributed by atoms with E-state index in [4.69, 9.17) is 0 Å². The van der Waals surface area contributed by atoms with Gasteiger partial charge in [-0.2, -0.15) is 0 Å². The molecule has 162 valence electrons. The minimum atomic E-state index is -0.199. The topological polar surface area (TPSA) is 62.0 Å². The molecule has 0 saturated carbocycles. The Morgan fingerprint density at radius 2 is 1.71 bits per heavy atom. The highest BCUT2D eigenvalue weighted by molar-refractivity contribution is 5.96. The highest BCUT2D eigenvalue weighted by atomic mass is 35.5. The van der Waals surface area contributed by atoms with Crippen LogP contribution in [-0.4, -0.2) is 23.9 Å². The number of ketones is 1. The van der Waals surface area contributed by atoms with Crippen LogP contribution < -0.4 is 10.9 Å². The SMILES string of the molecule is Cc1ccccc1[C@H](CC(=O)c1ccc(=O)[nH]c1)c1ccc(C2CCNCC2)cc1.Cl. The molecule has 0 bridgehead atoms. The van der Waals surface area contributed by atoms with Gasteiger partial charge >= 0.3 is 0 Å². The molecule has 1 aliphatic rings. The van der Waals surface area contributed by atoms with Crippen molar-refractivity contribution in [3.05, 3.63) is 105 Å². The molecule has 0 amide bonds. The number of benzene rings is 2. The van der Waals surface area contributed by atoms with Crippen molar-refractivity contribution < 1.29 is 4.79 Å². The molecule has 1 saturated heterocycles. The van der Waals surface area contributed by atoms with E-state index in [1.54, 1.807) is 6.07 Å². The maximum absolute atomic E-state index is 13.0. The molecule has 2 aromatic carbocycles. The molecule has 3 aromatic rings. The number of rotatable bonds is 6. The second kappa shape index (κ2) is 10.6. The van der Waals surface area contributed by atoms with E-state index in [9.17, 15) is 9.59 Å². The number of carbonyl (C=O) groups is 1. The highest BCUT2D eigenvalue weighted by Gasteiger charge is 2.22. The minimum Gasteiger partial charge on any atom is -0.328 e. The lowest BCUT2D eigenvalue weighted by Gasteiger charge is -2.24. The number of nitrogens with one attached hydrogen (secondary N) is 2. The molecular formula is C26H29ClN2O2. The van der Waals surface area contributed by atoms with Gasteiger partial charge in [0.1, 0.15) is 0 Å². The molecule has 4 rings (SSSR count). The number of halogens is 1. The fourth-order valence-electron chi connectivity index (χ4n) is 4.43. The van der Waals surface area contributed by atoms with E-state index < -0.39 is 0 Å². The summed E-state index contributed by atoms with van der Waals surface area (Å²) in [6.07, 6.45) is 4.22. The lowest BCUT2D eigenvalue weighted by Crippen LogP contribution is -2.26. The highest BCUT2D eigenvalue weighted by Crippen LogP contribution is 2.33. The van der Waals surface area contributed by atoms with E-state index >= 15 is 0 Å². The van der Waals surface area contributed by atoms with Crippen LogP contribution in [0.2, 0.25) is 0 Å². The summed E-state index contributed by atoms with van der Waals surface area (Å²) in [5.41, 5.74) is 5.23. The van der Waals surface area contributed by atoms with Crippen molar-refractivity contribution in [3.63, 3.8) is 0 Å². The molecule has 1 fully saturated rings. The Hall–Kier alpha value is -2.69. The van der Waals surface area contributed by atoms with E-state index in [0.29, 0.717) is 17.9 Å². The van der Waals surface area contributed by atoms with Gasteiger partial charge in [-0.05, 0) is 67.1 Å². The van der Waals surface area contributed by atoms with Gasteiger partial charge in [-0.3, -0.25) is 9.59 Å². The Kier molecular flexibility index (Phi) is 7.83. The number of Topliss-reactive ketones (excluding diaryl/α,β-unsaturated/α-hetero) is 1. The summed E-state index contributed by atoms with van der Waals surface area (Å²) in [5.74, 6) is 0.620. The number of H-pyrrole nitrogens is 1. The summed E-state index contributed by atoms with van der Waals surface area (Å²) in [6, 6.07) is 20.1. The quantitative estimate of drug-likeness (QED) is 0.536. The average molecular weight is 437 g/mol. The first-order valence-corrected chi connectivity index (χ1v) is 10.7. The normalized spacial score (nSPS) is 15.1. The van der Waals surface area contributed by atoms with Crippen LogP contribution >= 0.6 is 12.4 Å².